The molecule has 0 aliphatic carbocycles. The van der Waals surface area contributed by atoms with Gasteiger partial charge in [-0.2, -0.15) is 0 Å². The molecule has 1 N–H and O–H groups in total. The molecule has 0 fully saturated rings. The van der Waals surface area contributed by atoms with Gasteiger partial charge in [-0.3, -0.25) is 4.40 Å². The summed E-state index contributed by atoms with van der Waals surface area (Å²) in [6.07, 6.45) is 3.32. The molecule has 0 bridgehead atoms. The van der Waals surface area contributed by atoms with Crippen molar-refractivity contribution in [2.75, 3.05) is 0 Å². The molecule has 4 nitrogen and oxygen atoms in total. The van der Waals surface area contributed by atoms with E-state index in [0.29, 0.717) is 0 Å². The Balaban J connectivity index is 3.09. The molecule has 0 unspecified atom stereocenters. The van der Waals surface area contributed by atoms with Crippen LogP contribution in [0.25, 0.3) is 5.52 Å². The summed E-state index contributed by atoms with van der Waals surface area (Å²) in [5.41, 5.74) is 0.916. The van der Waals surface area contributed by atoms with E-state index in [0.717, 1.165) is 5.52 Å². The number of hydrogen-bond acceptors (Lipinski definition) is 3. The normalized spacial score (nSPS) is 10.4. The molecule has 0 aliphatic rings. The number of nitrogens with one attached hydrogen (secondary N) is 1. The molecule has 2 heterocycles. The Morgan fingerprint density at radius 2 is 2.50 bits per heavy atom. The molecule has 4 heteroatoms. The molecule has 0 spiro atoms. The highest BCUT2D eigenvalue weighted by atomic mass is 16.5. The van der Waals surface area contributed by atoms with Crippen LogP contribution in [0.5, 0.6) is 0 Å². The quantitative estimate of drug-likeness (QED) is 0.568. The largest absolute Gasteiger partial charge is 0.323 e. The van der Waals surface area contributed by atoms with Crippen molar-refractivity contribution < 1.29 is 4.52 Å². The average Bonchev–Trinajstić information content (AvgIpc) is 2.36. The molecular formula is C6H5N3O. The van der Waals surface area contributed by atoms with Gasteiger partial charge in [-0.15, -0.1) is 0 Å². The summed E-state index contributed by atoms with van der Waals surface area (Å²) >= 11 is 0. The second-order valence-corrected chi connectivity index (χ2v) is 1.93. The zero-order valence-corrected chi connectivity index (χ0v) is 5.11. The average molecular weight is 135 g/mol. The zero-order valence-electron chi connectivity index (χ0n) is 5.11. The third-order valence-corrected chi connectivity index (χ3v) is 1.32. The van der Waals surface area contributed by atoms with Crippen LogP contribution in [0.3, 0.4) is 0 Å². The van der Waals surface area contributed by atoms with E-state index in [4.69, 9.17) is 5.41 Å². The number of aromatic nitrogens is 2. The van der Waals surface area contributed by atoms with Crippen LogP contribution in [0.1, 0.15) is 0 Å². The standard InChI is InChI=1S/C6H5N3O/c7-6-9-3-1-2-5(9)4-8-10-6/h1-4,7H. The SMILES string of the molecule is N=c1oncc2cccn12. The van der Waals surface area contributed by atoms with Crippen LogP contribution >= 0.6 is 0 Å². The van der Waals surface area contributed by atoms with E-state index < -0.39 is 0 Å². The molecule has 0 aliphatic heterocycles. The third-order valence-electron chi connectivity index (χ3n) is 1.32. The summed E-state index contributed by atoms with van der Waals surface area (Å²) in [6, 6.07) is 3.70. The molecule has 2 aromatic rings. The summed E-state index contributed by atoms with van der Waals surface area (Å²) in [7, 11) is 0. The van der Waals surface area contributed by atoms with Crippen molar-refractivity contribution in [3.8, 4) is 0 Å². The molecule has 0 aromatic carbocycles. The Labute approximate surface area is 56.2 Å². The van der Waals surface area contributed by atoms with Crippen LogP contribution in [-0.2, 0) is 0 Å². The number of hydrogen-bond donors (Lipinski definition) is 1. The first kappa shape index (κ1) is 5.22. The van der Waals surface area contributed by atoms with Gasteiger partial charge in [0, 0.05) is 6.20 Å². The molecule has 10 heavy (non-hydrogen) atoms. The molecular weight excluding hydrogens is 130 g/mol. The van der Waals surface area contributed by atoms with Gasteiger partial charge in [0.15, 0.2) is 0 Å². The summed E-state index contributed by atoms with van der Waals surface area (Å²) in [6.45, 7) is 0. The van der Waals surface area contributed by atoms with E-state index in [1.54, 1.807) is 16.8 Å². The van der Waals surface area contributed by atoms with Crippen molar-refractivity contribution in [1.82, 2.24) is 9.56 Å². The van der Waals surface area contributed by atoms with Crippen LogP contribution in [-0.4, -0.2) is 9.56 Å². The van der Waals surface area contributed by atoms with E-state index in [-0.39, 0.29) is 5.68 Å². The Bertz CT molecular complexity index is 400. The Hall–Kier alpha value is -1.58. The predicted molar refractivity (Wildman–Crippen MR) is 33.3 cm³/mol. The summed E-state index contributed by atoms with van der Waals surface area (Å²) < 4.78 is 6.18. The van der Waals surface area contributed by atoms with Crippen molar-refractivity contribution in [2.45, 2.75) is 0 Å². The lowest BCUT2D eigenvalue weighted by Crippen LogP contribution is -2.09. The molecule has 0 radical (unpaired) electrons. The number of rotatable bonds is 0. The molecule has 0 saturated heterocycles. The van der Waals surface area contributed by atoms with Gasteiger partial charge in [-0.1, -0.05) is 5.16 Å². The van der Waals surface area contributed by atoms with Gasteiger partial charge in [0.1, 0.15) is 0 Å². The molecule has 2 rings (SSSR count). The molecule has 50 valence electrons. The monoisotopic (exact) mass is 135 g/mol. The number of fused-ring (bicyclic) bond motifs is 1. The van der Waals surface area contributed by atoms with Crippen molar-refractivity contribution >= 4 is 5.52 Å². The molecule has 0 atom stereocenters. The van der Waals surface area contributed by atoms with E-state index in [1.807, 2.05) is 12.1 Å². The lowest BCUT2D eigenvalue weighted by Gasteiger charge is -1.87. The van der Waals surface area contributed by atoms with Gasteiger partial charge in [-0.05, 0) is 12.1 Å². The Kier molecular flexibility index (Phi) is 0.887. The van der Waals surface area contributed by atoms with Crippen molar-refractivity contribution in [1.29, 1.82) is 5.41 Å². The maximum atomic E-state index is 7.21. The van der Waals surface area contributed by atoms with Crippen LogP contribution in [0, 0.1) is 5.41 Å². The van der Waals surface area contributed by atoms with Crippen molar-refractivity contribution in [3.63, 3.8) is 0 Å². The smallest absolute Gasteiger partial charge is 0.317 e. The Morgan fingerprint density at radius 3 is 3.30 bits per heavy atom. The second-order valence-electron chi connectivity index (χ2n) is 1.93. The van der Waals surface area contributed by atoms with Crippen LogP contribution in [0.2, 0.25) is 0 Å². The van der Waals surface area contributed by atoms with E-state index in [2.05, 4.69) is 9.68 Å². The first-order valence-corrected chi connectivity index (χ1v) is 2.84. The minimum Gasteiger partial charge on any atom is -0.317 e. The molecule has 0 amide bonds. The summed E-state index contributed by atoms with van der Waals surface area (Å²) in [5.74, 6) is 0. The van der Waals surface area contributed by atoms with E-state index >= 15 is 0 Å². The highest BCUT2D eigenvalue weighted by molar-refractivity contribution is 5.43. The van der Waals surface area contributed by atoms with Crippen LogP contribution < -0.4 is 5.68 Å². The maximum Gasteiger partial charge on any atom is 0.323 e. The van der Waals surface area contributed by atoms with Gasteiger partial charge < -0.3 is 4.52 Å². The zero-order chi connectivity index (χ0) is 6.97. The van der Waals surface area contributed by atoms with Gasteiger partial charge in [-0.25, -0.2) is 5.41 Å². The van der Waals surface area contributed by atoms with Crippen molar-refractivity contribution in [3.05, 3.63) is 30.2 Å². The van der Waals surface area contributed by atoms with Gasteiger partial charge in [0.05, 0.1) is 11.7 Å². The lowest BCUT2D eigenvalue weighted by atomic mass is 10.6. The second kappa shape index (κ2) is 1.70. The minimum atomic E-state index is 0.0440. The first-order chi connectivity index (χ1) is 4.88. The van der Waals surface area contributed by atoms with Crippen LogP contribution in [0.4, 0.5) is 0 Å². The van der Waals surface area contributed by atoms with Gasteiger partial charge in [0.2, 0.25) is 0 Å². The maximum absolute atomic E-state index is 7.21. The fraction of sp³-hybridized carbons (Fsp3) is 0. The molecule has 0 saturated carbocycles. The van der Waals surface area contributed by atoms with Gasteiger partial charge >= 0.3 is 5.68 Å². The lowest BCUT2D eigenvalue weighted by molar-refractivity contribution is 0.329. The highest BCUT2D eigenvalue weighted by Gasteiger charge is 1.91. The summed E-state index contributed by atoms with van der Waals surface area (Å²) in [5, 5.41) is 10.7. The predicted octanol–water partition coefficient (Wildman–Crippen LogP) is 0.407. The third kappa shape index (κ3) is 0.556. The number of nitrogens with zero attached hydrogens (tertiary/aromatic N) is 2. The summed E-state index contributed by atoms with van der Waals surface area (Å²) in [4.78, 5) is 0. The topological polar surface area (TPSA) is 54.3 Å². The van der Waals surface area contributed by atoms with E-state index in [9.17, 15) is 0 Å². The minimum absolute atomic E-state index is 0.0440. The van der Waals surface area contributed by atoms with Crippen LogP contribution in [0.15, 0.2) is 29.0 Å². The molecule has 2 aromatic heterocycles. The fourth-order valence-corrected chi connectivity index (χ4v) is 0.858. The fourth-order valence-electron chi connectivity index (χ4n) is 0.858. The Morgan fingerprint density at radius 1 is 1.60 bits per heavy atom. The van der Waals surface area contributed by atoms with Crippen molar-refractivity contribution in [2.24, 2.45) is 0 Å². The van der Waals surface area contributed by atoms with E-state index in [1.165, 1.54) is 0 Å². The van der Waals surface area contributed by atoms with Gasteiger partial charge in [0.25, 0.3) is 0 Å². The first-order valence-electron chi connectivity index (χ1n) is 2.84. The highest BCUT2D eigenvalue weighted by Crippen LogP contribution is 1.95.